The Labute approximate surface area is 184 Å². The number of aromatic nitrogens is 3. The first kappa shape index (κ1) is 20.4. The highest BCUT2D eigenvalue weighted by molar-refractivity contribution is 6.15. The summed E-state index contributed by atoms with van der Waals surface area (Å²) in [5, 5.41) is 13.7. The molecule has 0 spiro atoms. The summed E-state index contributed by atoms with van der Waals surface area (Å²) < 4.78 is 28.9. The summed E-state index contributed by atoms with van der Waals surface area (Å²) in [5.74, 6) is -0.0789. The summed E-state index contributed by atoms with van der Waals surface area (Å²) >= 11 is 0. The van der Waals surface area contributed by atoms with Gasteiger partial charge in [0, 0.05) is 24.7 Å². The number of aliphatic imine (C=N–C) groups is 1. The minimum Gasteiger partial charge on any atom is -0.357 e. The number of nitrogens with zero attached hydrogens (tertiary/aromatic N) is 4. The van der Waals surface area contributed by atoms with E-state index in [2.05, 4.69) is 47.2 Å². The van der Waals surface area contributed by atoms with Crippen molar-refractivity contribution in [1.82, 2.24) is 20.5 Å². The lowest BCUT2D eigenvalue weighted by Crippen LogP contribution is -2.37. The van der Waals surface area contributed by atoms with Crippen LogP contribution in [0.3, 0.4) is 0 Å². The molecule has 9 heteroatoms. The van der Waals surface area contributed by atoms with Gasteiger partial charge in [-0.1, -0.05) is 5.73 Å². The van der Waals surface area contributed by atoms with Gasteiger partial charge in [-0.25, -0.2) is 14.4 Å². The number of nitrogens with one attached hydrogen (secondary N) is 3. The van der Waals surface area contributed by atoms with Gasteiger partial charge in [0.1, 0.15) is 28.9 Å². The number of aryl methyl sites for hydroxylation is 1. The molecule has 4 heterocycles. The second-order valence-electron chi connectivity index (χ2n) is 8.16. The zero-order valence-corrected chi connectivity index (χ0v) is 17.9. The molecule has 3 N–H and O–H groups in total. The Balaban J connectivity index is 1.53. The van der Waals surface area contributed by atoms with Gasteiger partial charge in [-0.3, -0.25) is 5.10 Å². The molecule has 0 aromatic carbocycles. The standard InChI is InChI=1S/C23H23F2N7/c1-13-21-22(31-30-13)15-10-19(32-8-6-14(7-9-32)11-26-2)27-12-18(15)28-23(29-21)20-16(24)4-3-5-17(20)25/h4,10,12,14,26H,6-9,11H2,1-2H3,(H,28,29)(H,30,31). The molecule has 32 heavy (non-hydrogen) atoms. The lowest BCUT2D eigenvalue weighted by Gasteiger charge is -2.33. The number of amidine groups is 1. The number of hydrogen-bond acceptors (Lipinski definition) is 6. The number of H-pyrrole nitrogens is 1. The second-order valence-corrected chi connectivity index (χ2v) is 8.16. The average Bonchev–Trinajstić information content (AvgIpc) is 3.06. The zero-order valence-electron chi connectivity index (χ0n) is 17.9. The number of aromatic amines is 1. The van der Waals surface area contributed by atoms with Crippen LogP contribution in [0.5, 0.6) is 0 Å². The van der Waals surface area contributed by atoms with E-state index in [0.29, 0.717) is 28.7 Å². The van der Waals surface area contributed by atoms with Crippen LogP contribution in [0.15, 0.2) is 52.0 Å². The zero-order chi connectivity index (χ0) is 22.2. The Morgan fingerprint density at radius 1 is 1.28 bits per heavy atom. The topological polar surface area (TPSA) is 81.2 Å². The summed E-state index contributed by atoms with van der Waals surface area (Å²) in [6.07, 6.45) is 4.90. The molecule has 0 atom stereocenters. The quantitative estimate of drug-likeness (QED) is 0.631. The highest BCUT2D eigenvalue weighted by Gasteiger charge is 2.28. The van der Waals surface area contributed by atoms with Crippen LogP contribution >= 0.6 is 0 Å². The lowest BCUT2D eigenvalue weighted by atomic mass is 9.96. The van der Waals surface area contributed by atoms with Crippen molar-refractivity contribution >= 4 is 23.0 Å². The van der Waals surface area contributed by atoms with Crippen molar-refractivity contribution in [2.75, 3.05) is 36.9 Å². The first-order valence-electron chi connectivity index (χ1n) is 10.6. The molecule has 5 rings (SSSR count). The molecule has 1 saturated heterocycles. The lowest BCUT2D eigenvalue weighted by molar-refractivity contribution is 0.392. The van der Waals surface area contributed by atoms with Gasteiger partial charge in [0.05, 0.1) is 23.2 Å². The minimum absolute atomic E-state index is 0.0391. The summed E-state index contributed by atoms with van der Waals surface area (Å²) in [5.41, 5.74) is 7.51. The Hall–Kier alpha value is -3.51. The van der Waals surface area contributed by atoms with Gasteiger partial charge < -0.3 is 15.5 Å². The number of allylic oxidation sites excluding steroid dienone is 2. The first-order valence-corrected chi connectivity index (χ1v) is 10.6. The highest BCUT2D eigenvalue weighted by Crippen LogP contribution is 2.41. The van der Waals surface area contributed by atoms with E-state index < -0.39 is 11.7 Å². The van der Waals surface area contributed by atoms with Crippen LogP contribution in [0.4, 0.5) is 26.0 Å². The normalized spacial score (nSPS) is 18.1. The summed E-state index contributed by atoms with van der Waals surface area (Å²) in [4.78, 5) is 11.4. The van der Waals surface area contributed by atoms with E-state index in [1.54, 1.807) is 6.20 Å². The Morgan fingerprint density at radius 3 is 2.84 bits per heavy atom. The van der Waals surface area contributed by atoms with Crippen molar-refractivity contribution in [2.24, 2.45) is 10.9 Å². The third-order valence-electron chi connectivity index (χ3n) is 6.04. The molecule has 0 radical (unpaired) electrons. The number of anilines is 2. The average molecular weight is 435 g/mol. The molecule has 1 fully saturated rings. The van der Waals surface area contributed by atoms with Gasteiger partial charge in [0.2, 0.25) is 0 Å². The molecule has 2 aliphatic heterocycles. The van der Waals surface area contributed by atoms with E-state index in [0.717, 1.165) is 49.9 Å². The SMILES string of the molecule is CNCC1CCN(c2cc3c(cn2)NC(C2=C(F)C=C=C=C2F)=Nc2c-3n[nH]c2C)CC1. The predicted octanol–water partition coefficient (Wildman–Crippen LogP) is 4.07. The maximum absolute atomic E-state index is 14.5. The van der Waals surface area contributed by atoms with Crippen molar-refractivity contribution in [1.29, 1.82) is 0 Å². The fraction of sp³-hybridized carbons (Fsp3) is 0.348. The Kier molecular flexibility index (Phi) is 5.23. The highest BCUT2D eigenvalue weighted by atomic mass is 19.1. The van der Waals surface area contributed by atoms with Gasteiger partial charge in [-0.05, 0) is 51.1 Å². The van der Waals surface area contributed by atoms with Crippen molar-refractivity contribution in [2.45, 2.75) is 19.8 Å². The number of halogens is 2. The van der Waals surface area contributed by atoms with Crippen LogP contribution in [-0.2, 0) is 0 Å². The molecule has 7 nitrogen and oxygen atoms in total. The van der Waals surface area contributed by atoms with Crippen LogP contribution in [-0.4, -0.2) is 47.7 Å². The van der Waals surface area contributed by atoms with Gasteiger partial charge in [0.15, 0.2) is 5.83 Å². The Bertz CT molecular complexity index is 1240. The smallest absolute Gasteiger partial charge is 0.187 e. The summed E-state index contributed by atoms with van der Waals surface area (Å²) in [7, 11) is 1.98. The number of pyridine rings is 1. The van der Waals surface area contributed by atoms with Crippen molar-refractivity contribution in [3.8, 4) is 11.3 Å². The molecular formula is C23H23F2N7. The molecule has 3 aliphatic rings. The van der Waals surface area contributed by atoms with E-state index in [9.17, 15) is 8.78 Å². The summed E-state index contributed by atoms with van der Waals surface area (Å²) in [6, 6.07) is 1.97. The van der Waals surface area contributed by atoms with E-state index in [4.69, 9.17) is 0 Å². The van der Waals surface area contributed by atoms with Crippen molar-refractivity contribution < 1.29 is 8.78 Å². The number of rotatable bonds is 4. The fourth-order valence-electron chi connectivity index (χ4n) is 4.32. The summed E-state index contributed by atoms with van der Waals surface area (Å²) in [6.45, 7) is 4.69. The van der Waals surface area contributed by atoms with Crippen LogP contribution in [0.1, 0.15) is 18.5 Å². The van der Waals surface area contributed by atoms with E-state index in [1.807, 2.05) is 20.0 Å². The van der Waals surface area contributed by atoms with Gasteiger partial charge in [-0.2, -0.15) is 9.49 Å². The molecule has 0 unspecified atom stereocenters. The van der Waals surface area contributed by atoms with Crippen molar-refractivity contribution in [3.05, 3.63) is 52.7 Å². The molecule has 0 saturated carbocycles. The van der Waals surface area contributed by atoms with Crippen LogP contribution in [0.2, 0.25) is 0 Å². The molecule has 0 bridgehead atoms. The van der Waals surface area contributed by atoms with Crippen LogP contribution in [0.25, 0.3) is 11.3 Å². The molecule has 2 aromatic rings. The monoisotopic (exact) mass is 435 g/mol. The number of hydrogen-bond donors (Lipinski definition) is 3. The molecule has 2 aromatic heterocycles. The van der Waals surface area contributed by atoms with Crippen molar-refractivity contribution in [3.63, 3.8) is 0 Å². The van der Waals surface area contributed by atoms with Gasteiger partial charge in [-0.15, -0.1) is 0 Å². The molecular weight excluding hydrogens is 412 g/mol. The first-order chi connectivity index (χ1) is 15.5. The third kappa shape index (κ3) is 3.56. The van der Waals surface area contributed by atoms with E-state index in [1.165, 1.54) is 0 Å². The maximum Gasteiger partial charge on any atom is 0.187 e. The third-order valence-corrected chi connectivity index (χ3v) is 6.04. The largest absolute Gasteiger partial charge is 0.357 e. The predicted molar refractivity (Wildman–Crippen MR) is 120 cm³/mol. The van der Waals surface area contributed by atoms with E-state index in [-0.39, 0.29) is 11.4 Å². The molecule has 1 aliphatic carbocycles. The van der Waals surface area contributed by atoms with Gasteiger partial charge in [0.25, 0.3) is 0 Å². The van der Waals surface area contributed by atoms with Crippen LogP contribution in [0, 0.1) is 12.8 Å². The molecule has 164 valence electrons. The Morgan fingerprint density at radius 2 is 2.09 bits per heavy atom. The molecule has 0 amide bonds. The minimum atomic E-state index is -0.864. The van der Waals surface area contributed by atoms with E-state index >= 15 is 0 Å². The maximum atomic E-state index is 14.5. The number of piperidine rings is 1. The van der Waals surface area contributed by atoms with Gasteiger partial charge >= 0.3 is 0 Å². The van der Waals surface area contributed by atoms with Crippen LogP contribution < -0.4 is 15.5 Å². The second kappa shape index (κ2) is 8.20. The fourth-order valence-corrected chi connectivity index (χ4v) is 4.32. The number of fused-ring (bicyclic) bond motifs is 3.